The minimum atomic E-state index is 0.168. The fraction of sp³-hybridized carbons (Fsp3) is 0.294. The van der Waals surface area contributed by atoms with E-state index in [-0.39, 0.29) is 5.91 Å². The fourth-order valence-electron chi connectivity index (χ4n) is 2.93. The first-order valence-corrected chi connectivity index (χ1v) is 8.21. The van der Waals surface area contributed by atoms with Crippen LogP contribution in [0.2, 0.25) is 0 Å². The molecule has 0 unspecified atom stereocenters. The summed E-state index contributed by atoms with van der Waals surface area (Å²) in [7, 11) is 0. The van der Waals surface area contributed by atoms with Crippen molar-refractivity contribution in [2.24, 2.45) is 0 Å². The second-order valence-electron chi connectivity index (χ2n) is 5.54. The van der Waals surface area contributed by atoms with E-state index < -0.39 is 0 Å². The highest BCUT2D eigenvalue weighted by Crippen LogP contribution is 2.28. The Hall–Kier alpha value is -1.94. The maximum Gasteiger partial charge on any atom is 0.264 e. The van der Waals surface area contributed by atoms with Gasteiger partial charge in [-0.15, -0.1) is 11.3 Å². The SMILES string of the molecule is O=C(c1cc2cc3ccccc3nc2s1)N1CCCCC1. The van der Waals surface area contributed by atoms with Crippen molar-refractivity contribution < 1.29 is 4.79 Å². The lowest BCUT2D eigenvalue weighted by molar-refractivity contribution is 0.0729. The molecule has 3 aromatic rings. The third-order valence-electron chi connectivity index (χ3n) is 4.06. The summed E-state index contributed by atoms with van der Waals surface area (Å²) >= 11 is 1.51. The molecule has 3 nitrogen and oxygen atoms in total. The number of carbonyl (C=O) groups excluding carboxylic acids is 1. The average Bonchev–Trinajstić information content (AvgIpc) is 2.95. The molecule has 4 rings (SSSR count). The second kappa shape index (κ2) is 5.11. The Morgan fingerprint density at radius 1 is 1.05 bits per heavy atom. The molecule has 0 aliphatic carbocycles. The molecule has 1 aliphatic heterocycles. The average molecular weight is 296 g/mol. The molecule has 4 heteroatoms. The van der Waals surface area contributed by atoms with Crippen LogP contribution in [0.15, 0.2) is 36.4 Å². The van der Waals surface area contributed by atoms with Crippen LogP contribution in [0.25, 0.3) is 21.1 Å². The molecule has 0 radical (unpaired) electrons. The predicted octanol–water partition coefficient (Wildman–Crippen LogP) is 4.08. The van der Waals surface area contributed by atoms with Gasteiger partial charge in [-0.2, -0.15) is 0 Å². The monoisotopic (exact) mass is 296 g/mol. The quantitative estimate of drug-likeness (QED) is 0.678. The van der Waals surface area contributed by atoms with Crippen molar-refractivity contribution in [3.8, 4) is 0 Å². The summed E-state index contributed by atoms with van der Waals surface area (Å²) in [6.45, 7) is 1.78. The van der Waals surface area contributed by atoms with Gasteiger partial charge < -0.3 is 4.90 Å². The van der Waals surface area contributed by atoms with Gasteiger partial charge in [0, 0.05) is 23.9 Å². The van der Waals surface area contributed by atoms with Crippen molar-refractivity contribution in [3.05, 3.63) is 41.3 Å². The predicted molar refractivity (Wildman–Crippen MR) is 86.9 cm³/mol. The maximum absolute atomic E-state index is 12.6. The minimum absolute atomic E-state index is 0.168. The van der Waals surface area contributed by atoms with Crippen LogP contribution in [0.1, 0.15) is 28.9 Å². The summed E-state index contributed by atoms with van der Waals surface area (Å²) < 4.78 is 0. The number of hydrogen-bond donors (Lipinski definition) is 0. The molecule has 1 fully saturated rings. The van der Waals surface area contributed by atoms with Crippen LogP contribution in [0.4, 0.5) is 0 Å². The lowest BCUT2D eigenvalue weighted by Crippen LogP contribution is -2.35. The first-order chi connectivity index (χ1) is 10.3. The van der Waals surface area contributed by atoms with E-state index in [9.17, 15) is 4.79 Å². The van der Waals surface area contributed by atoms with Gasteiger partial charge in [-0.05, 0) is 37.5 Å². The topological polar surface area (TPSA) is 33.2 Å². The molecule has 1 saturated heterocycles. The van der Waals surface area contributed by atoms with Crippen LogP contribution >= 0.6 is 11.3 Å². The van der Waals surface area contributed by atoms with E-state index in [1.807, 2.05) is 29.2 Å². The third-order valence-corrected chi connectivity index (χ3v) is 5.10. The smallest absolute Gasteiger partial charge is 0.264 e. The molecule has 0 saturated carbocycles. The van der Waals surface area contributed by atoms with Gasteiger partial charge in [0.2, 0.25) is 0 Å². The molecule has 21 heavy (non-hydrogen) atoms. The first-order valence-electron chi connectivity index (χ1n) is 7.40. The Kier molecular flexibility index (Phi) is 3.11. The lowest BCUT2D eigenvalue weighted by Gasteiger charge is -2.26. The number of hydrogen-bond acceptors (Lipinski definition) is 3. The molecule has 1 aliphatic rings. The second-order valence-corrected chi connectivity index (χ2v) is 6.57. The number of thiophene rings is 1. The number of rotatable bonds is 1. The molecule has 0 spiro atoms. The van der Waals surface area contributed by atoms with Gasteiger partial charge >= 0.3 is 0 Å². The highest BCUT2D eigenvalue weighted by molar-refractivity contribution is 7.20. The summed E-state index contributed by atoms with van der Waals surface area (Å²) in [6.07, 6.45) is 3.49. The van der Waals surface area contributed by atoms with Crippen molar-refractivity contribution in [2.45, 2.75) is 19.3 Å². The van der Waals surface area contributed by atoms with E-state index in [4.69, 9.17) is 0 Å². The van der Waals surface area contributed by atoms with Crippen molar-refractivity contribution in [1.82, 2.24) is 9.88 Å². The van der Waals surface area contributed by atoms with Gasteiger partial charge in [0.15, 0.2) is 0 Å². The van der Waals surface area contributed by atoms with Crippen LogP contribution in [-0.2, 0) is 0 Å². The molecule has 2 aromatic heterocycles. The van der Waals surface area contributed by atoms with Gasteiger partial charge in [-0.3, -0.25) is 4.79 Å². The minimum Gasteiger partial charge on any atom is -0.338 e. The van der Waals surface area contributed by atoms with Gasteiger partial charge in [0.25, 0.3) is 5.91 Å². The molecule has 0 atom stereocenters. The number of carbonyl (C=O) groups is 1. The van der Waals surface area contributed by atoms with Crippen molar-refractivity contribution in [1.29, 1.82) is 0 Å². The van der Waals surface area contributed by atoms with E-state index in [0.29, 0.717) is 0 Å². The number of pyridine rings is 1. The zero-order valence-electron chi connectivity index (χ0n) is 11.7. The molecule has 1 aromatic carbocycles. The largest absolute Gasteiger partial charge is 0.338 e. The first kappa shape index (κ1) is 12.8. The number of aromatic nitrogens is 1. The van der Waals surface area contributed by atoms with Crippen molar-refractivity contribution in [2.75, 3.05) is 13.1 Å². The zero-order valence-corrected chi connectivity index (χ0v) is 12.5. The maximum atomic E-state index is 12.6. The Labute approximate surface area is 127 Å². The summed E-state index contributed by atoms with van der Waals surface area (Å²) in [5.74, 6) is 0.168. The van der Waals surface area contributed by atoms with E-state index >= 15 is 0 Å². The number of piperidine rings is 1. The number of amides is 1. The Bertz CT molecular complexity index is 765. The Morgan fingerprint density at radius 3 is 2.71 bits per heavy atom. The molecule has 0 bridgehead atoms. The van der Waals surface area contributed by atoms with E-state index in [1.165, 1.54) is 17.8 Å². The van der Waals surface area contributed by atoms with Crippen molar-refractivity contribution >= 4 is 38.4 Å². The summed E-state index contributed by atoms with van der Waals surface area (Å²) in [6, 6.07) is 12.2. The van der Waals surface area contributed by atoms with Gasteiger partial charge in [-0.1, -0.05) is 18.2 Å². The summed E-state index contributed by atoms with van der Waals surface area (Å²) in [5, 5.41) is 2.19. The summed E-state index contributed by atoms with van der Waals surface area (Å²) in [4.78, 5) is 21.0. The van der Waals surface area contributed by atoms with Crippen LogP contribution in [0, 0.1) is 0 Å². The van der Waals surface area contributed by atoms with E-state index in [0.717, 1.165) is 51.9 Å². The molecule has 1 amide bonds. The number of para-hydroxylation sites is 1. The Balaban J connectivity index is 1.75. The standard InChI is InChI=1S/C17H16N2OS/c20-17(19-8-4-1-5-9-19)15-11-13-10-12-6-2-3-7-14(12)18-16(13)21-15/h2-3,6-7,10-11H,1,4-5,8-9H2. The van der Waals surface area contributed by atoms with Crippen LogP contribution in [0.3, 0.4) is 0 Å². The van der Waals surface area contributed by atoms with Gasteiger partial charge in [0.05, 0.1) is 10.4 Å². The number of benzene rings is 1. The zero-order chi connectivity index (χ0) is 14.2. The number of fused-ring (bicyclic) bond motifs is 2. The molecule has 0 N–H and O–H groups in total. The van der Waals surface area contributed by atoms with E-state index in [2.05, 4.69) is 17.1 Å². The number of nitrogens with zero attached hydrogens (tertiary/aromatic N) is 2. The summed E-state index contributed by atoms with van der Waals surface area (Å²) in [5.41, 5.74) is 0.990. The lowest BCUT2D eigenvalue weighted by atomic mass is 10.1. The fourth-order valence-corrected chi connectivity index (χ4v) is 3.92. The van der Waals surface area contributed by atoms with Gasteiger partial charge in [-0.25, -0.2) is 4.98 Å². The van der Waals surface area contributed by atoms with Crippen molar-refractivity contribution in [3.63, 3.8) is 0 Å². The Morgan fingerprint density at radius 2 is 1.86 bits per heavy atom. The van der Waals surface area contributed by atoms with E-state index in [1.54, 1.807) is 0 Å². The highest BCUT2D eigenvalue weighted by atomic mass is 32.1. The number of likely N-dealkylation sites (tertiary alicyclic amines) is 1. The van der Waals surface area contributed by atoms with Crippen LogP contribution < -0.4 is 0 Å². The molecular formula is C17H16N2OS. The highest BCUT2D eigenvalue weighted by Gasteiger charge is 2.20. The normalized spacial score (nSPS) is 15.7. The molecular weight excluding hydrogens is 280 g/mol. The third kappa shape index (κ3) is 2.29. The molecule has 106 valence electrons. The van der Waals surface area contributed by atoms with Crippen LogP contribution in [-0.4, -0.2) is 28.9 Å². The van der Waals surface area contributed by atoms with Gasteiger partial charge in [0.1, 0.15) is 4.83 Å². The van der Waals surface area contributed by atoms with Crippen LogP contribution in [0.5, 0.6) is 0 Å². The molecule has 3 heterocycles.